The van der Waals surface area contributed by atoms with E-state index < -0.39 is 0 Å². The van der Waals surface area contributed by atoms with Gasteiger partial charge in [-0.25, -0.2) is 14.6 Å². The van der Waals surface area contributed by atoms with Crippen molar-refractivity contribution in [2.75, 3.05) is 7.11 Å². The number of methoxy groups -OCH3 is 1. The van der Waals surface area contributed by atoms with E-state index in [4.69, 9.17) is 4.74 Å². The van der Waals surface area contributed by atoms with E-state index in [9.17, 15) is 5.26 Å². The summed E-state index contributed by atoms with van der Waals surface area (Å²) in [6, 6.07) is 10.8. The molecule has 0 bridgehead atoms. The molecule has 2 aliphatic rings. The number of fused-ring (bicyclic) bond motifs is 1. The second-order valence-electron chi connectivity index (χ2n) is 7.52. The minimum Gasteiger partial charge on any atom is -0.377 e. The van der Waals surface area contributed by atoms with E-state index in [2.05, 4.69) is 39.3 Å². The van der Waals surface area contributed by atoms with Crippen LogP contribution in [0.5, 0.6) is 0 Å². The summed E-state index contributed by atoms with van der Waals surface area (Å²) >= 11 is 0. The summed E-state index contributed by atoms with van der Waals surface area (Å²) in [4.78, 5) is 8.98. The zero-order valence-electron chi connectivity index (χ0n) is 14.9. The average molecular weight is 345 g/mol. The van der Waals surface area contributed by atoms with Gasteiger partial charge in [-0.1, -0.05) is 12.1 Å². The van der Waals surface area contributed by atoms with Crippen LogP contribution in [0.15, 0.2) is 30.5 Å². The Morgan fingerprint density at radius 1 is 1.27 bits per heavy atom. The molecule has 2 aromatic heterocycles. The van der Waals surface area contributed by atoms with E-state index >= 15 is 0 Å². The maximum absolute atomic E-state index is 9.82. The molecular formula is C20H19N5O. The fourth-order valence-corrected chi connectivity index (χ4v) is 4.23. The summed E-state index contributed by atoms with van der Waals surface area (Å²) in [6.45, 7) is 2.30. The Balaban J connectivity index is 1.64. The number of hydrogen-bond donors (Lipinski definition) is 0. The molecule has 3 aromatic rings. The molecule has 1 aromatic carbocycles. The van der Waals surface area contributed by atoms with Crippen LogP contribution in [0.2, 0.25) is 0 Å². The Morgan fingerprint density at radius 2 is 2.12 bits per heavy atom. The highest BCUT2D eigenvalue weighted by molar-refractivity contribution is 5.81. The van der Waals surface area contributed by atoms with Gasteiger partial charge in [-0.3, -0.25) is 0 Å². The van der Waals surface area contributed by atoms with Crippen molar-refractivity contribution in [3.63, 3.8) is 0 Å². The molecule has 2 aliphatic carbocycles. The number of ether oxygens (including phenoxy) is 1. The van der Waals surface area contributed by atoms with E-state index in [1.165, 1.54) is 12.8 Å². The molecular weight excluding hydrogens is 326 g/mol. The standard InChI is InChI=1S/C20H19N5O/c1-13-7-18(24-17(23-13)10-26-2)25-16-8-15(4-3-14(16)9-22-25)20(12-21)11-19(20)5-6-19/h3-4,7-9H,5-6,10-11H2,1-2H3/t20-/m1/s1. The van der Waals surface area contributed by atoms with Crippen LogP contribution in [-0.2, 0) is 16.8 Å². The molecule has 26 heavy (non-hydrogen) atoms. The van der Waals surface area contributed by atoms with Crippen molar-refractivity contribution in [3.8, 4) is 11.9 Å². The van der Waals surface area contributed by atoms with Gasteiger partial charge in [0.2, 0.25) is 0 Å². The van der Waals surface area contributed by atoms with Gasteiger partial charge in [-0.15, -0.1) is 0 Å². The van der Waals surface area contributed by atoms with E-state index in [1.54, 1.807) is 7.11 Å². The van der Waals surface area contributed by atoms with Crippen LogP contribution in [0.3, 0.4) is 0 Å². The SMILES string of the molecule is COCc1nc(C)cc(-n2ncc3ccc([C@]4(C#N)CC45CC5)cc32)n1. The monoisotopic (exact) mass is 345 g/mol. The van der Waals surface area contributed by atoms with E-state index in [1.807, 2.05) is 23.9 Å². The second kappa shape index (κ2) is 5.12. The van der Waals surface area contributed by atoms with Gasteiger partial charge in [0.15, 0.2) is 11.6 Å². The minimum absolute atomic E-state index is 0.247. The molecule has 2 heterocycles. The van der Waals surface area contributed by atoms with Crippen molar-refractivity contribution < 1.29 is 4.74 Å². The largest absolute Gasteiger partial charge is 0.377 e. The highest BCUT2D eigenvalue weighted by Gasteiger charge is 2.75. The number of benzene rings is 1. The first-order valence-electron chi connectivity index (χ1n) is 8.84. The third-order valence-corrected chi connectivity index (χ3v) is 5.87. The number of nitrogens with zero attached hydrogens (tertiary/aromatic N) is 5. The van der Waals surface area contributed by atoms with Crippen molar-refractivity contribution in [3.05, 3.63) is 47.5 Å². The van der Waals surface area contributed by atoms with Crippen LogP contribution in [-0.4, -0.2) is 26.9 Å². The van der Waals surface area contributed by atoms with Gasteiger partial charge in [0.05, 0.1) is 23.2 Å². The van der Waals surface area contributed by atoms with Gasteiger partial charge in [0.25, 0.3) is 0 Å². The maximum Gasteiger partial charge on any atom is 0.158 e. The molecule has 0 saturated heterocycles. The van der Waals surface area contributed by atoms with Crippen LogP contribution in [0, 0.1) is 23.7 Å². The lowest BCUT2D eigenvalue weighted by molar-refractivity contribution is 0.177. The molecule has 2 saturated carbocycles. The van der Waals surface area contributed by atoms with Crippen LogP contribution >= 0.6 is 0 Å². The smallest absolute Gasteiger partial charge is 0.158 e. The van der Waals surface area contributed by atoms with Crippen LogP contribution in [0.4, 0.5) is 0 Å². The van der Waals surface area contributed by atoms with Crippen LogP contribution in [0.25, 0.3) is 16.7 Å². The molecule has 1 atom stereocenters. The molecule has 0 radical (unpaired) electrons. The Bertz CT molecular complexity index is 1080. The Labute approximate surface area is 151 Å². The lowest BCUT2D eigenvalue weighted by atomic mass is 9.93. The molecule has 0 amide bonds. The Kier molecular flexibility index (Phi) is 3.05. The topological polar surface area (TPSA) is 76.6 Å². The van der Waals surface area contributed by atoms with E-state index in [-0.39, 0.29) is 10.8 Å². The number of nitriles is 1. The summed E-state index contributed by atoms with van der Waals surface area (Å²) in [5.74, 6) is 1.36. The fourth-order valence-electron chi connectivity index (χ4n) is 4.23. The molecule has 130 valence electrons. The van der Waals surface area contributed by atoms with E-state index in [0.717, 1.165) is 34.4 Å². The lowest BCUT2D eigenvalue weighted by Gasteiger charge is -2.10. The van der Waals surface area contributed by atoms with Crippen molar-refractivity contribution >= 4 is 10.9 Å². The molecule has 2 fully saturated rings. The van der Waals surface area contributed by atoms with Crippen molar-refractivity contribution in [1.29, 1.82) is 5.26 Å². The minimum atomic E-state index is -0.306. The zero-order chi connectivity index (χ0) is 17.9. The molecule has 0 aliphatic heterocycles. The molecule has 0 N–H and O–H groups in total. The van der Waals surface area contributed by atoms with Gasteiger partial charge >= 0.3 is 0 Å². The molecule has 6 heteroatoms. The summed E-state index contributed by atoms with van der Waals surface area (Å²) in [7, 11) is 1.63. The molecule has 6 nitrogen and oxygen atoms in total. The lowest BCUT2D eigenvalue weighted by Crippen LogP contribution is -2.09. The molecule has 5 rings (SSSR count). The van der Waals surface area contributed by atoms with Crippen LogP contribution < -0.4 is 0 Å². The number of rotatable bonds is 4. The van der Waals surface area contributed by atoms with Gasteiger partial charge in [-0.05, 0) is 43.2 Å². The number of hydrogen-bond acceptors (Lipinski definition) is 5. The predicted molar refractivity (Wildman–Crippen MR) is 95.7 cm³/mol. The van der Waals surface area contributed by atoms with Gasteiger partial charge in [-0.2, -0.15) is 10.4 Å². The summed E-state index contributed by atoms with van der Waals surface area (Å²) in [5, 5.41) is 15.4. The highest BCUT2D eigenvalue weighted by Crippen LogP contribution is 2.78. The summed E-state index contributed by atoms with van der Waals surface area (Å²) < 4.78 is 7.00. The van der Waals surface area contributed by atoms with Gasteiger partial charge in [0.1, 0.15) is 6.61 Å². The quantitative estimate of drug-likeness (QED) is 0.725. The van der Waals surface area contributed by atoms with Crippen molar-refractivity contribution in [2.24, 2.45) is 5.41 Å². The maximum atomic E-state index is 9.82. The molecule has 1 spiro atoms. The fraction of sp³-hybridized carbons (Fsp3) is 0.400. The Hall–Kier alpha value is -2.78. The first kappa shape index (κ1) is 15.5. The highest BCUT2D eigenvalue weighted by atomic mass is 16.5. The summed E-state index contributed by atoms with van der Waals surface area (Å²) in [5.41, 5.74) is 2.89. The van der Waals surface area contributed by atoms with E-state index in [0.29, 0.717) is 12.4 Å². The van der Waals surface area contributed by atoms with Gasteiger partial charge in [0, 0.05) is 24.3 Å². The zero-order valence-corrected chi connectivity index (χ0v) is 14.9. The normalized spacial score (nSPS) is 22.5. The van der Waals surface area contributed by atoms with Crippen molar-refractivity contribution in [1.82, 2.24) is 19.7 Å². The second-order valence-corrected chi connectivity index (χ2v) is 7.52. The van der Waals surface area contributed by atoms with Gasteiger partial charge < -0.3 is 4.74 Å². The Morgan fingerprint density at radius 3 is 2.81 bits per heavy atom. The number of aryl methyl sites for hydroxylation is 1. The summed E-state index contributed by atoms with van der Waals surface area (Å²) in [6.07, 6.45) is 5.17. The average Bonchev–Trinajstić information content (AvgIpc) is 3.50. The number of aromatic nitrogens is 4. The van der Waals surface area contributed by atoms with Crippen molar-refractivity contribution in [2.45, 2.75) is 38.2 Å². The first-order chi connectivity index (χ1) is 12.6. The third kappa shape index (κ3) is 2.04. The predicted octanol–water partition coefficient (Wildman–Crippen LogP) is 3.22. The first-order valence-corrected chi connectivity index (χ1v) is 8.84. The third-order valence-electron chi connectivity index (χ3n) is 5.87. The van der Waals surface area contributed by atoms with Crippen LogP contribution in [0.1, 0.15) is 36.3 Å². The molecule has 0 unspecified atom stereocenters.